The van der Waals surface area contributed by atoms with E-state index >= 15 is 0 Å². The molecule has 0 unspecified atom stereocenters. The van der Waals surface area contributed by atoms with Gasteiger partial charge < -0.3 is 23.1 Å². The number of rotatable bonds is 8. The predicted octanol–water partition coefficient (Wildman–Crippen LogP) is 7.19. The Morgan fingerprint density at radius 3 is 1.37 bits per heavy atom. The van der Waals surface area contributed by atoms with E-state index < -0.39 is 55.6 Å². The van der Waals surface area contributed by atoms with Gasteiger partial charge in [-0.15, -0.1) is 0 Å². The van der Waals surface area contributed by atoms with Crippen LogP contribution in [-0.2, 0) is 18.0 Å². The van der Waals surface area contributed by atoms with Gasteiger partial charge >= 0.3 is 0 Å². The molecule has 8 nitrogen and oxygen atoms in total. The van der Waals surface area contributed by atoms with E-state index in [2.05, 4.69) is 112 Å². The maximum absolute atomic E-state index is 10.4. The van der Waals surface area contributed by atoms with Gasteiger partial charge in [0.25, 0.3) is 0 Å². The lowest BCUT2D eigenvalue weighted by molar-refractivity contribution is -0.215. The van der Waals surface area contributed by atoms with Crippen LogP contribution in [0.4, 0.5) is 0 Å². The molecule has 0 bridgehead atoms. The average Bonchev–Trinajstić information content (AvgIpc) is 2.63. The van der Waals surface area contributed by atoms with Gasteiger partial charge in [-0.25, -0.2) is 0 Å². The summed E-state index contributed by atoms with van der Waals surface area (Å²) in [5.74, 6) is 0. The van der Waals surface area contributed by atoms with E-state index in [0.717, 1.165) is 0 Å². The van der Waals surface area contributed by atoms with Crippen LogP contribution in [-0.4, -0.2) is 67.3 Å². The lowest BCUT2D eigenvalue weighted by atomic mass is 9.99. The van der Waals surface area contributed by atoms with Gasteiger partial charge in [0, 0.05) is 4.91 Å². The van der Waals surface area contributed by atoms with E-state index in [1.54, 1.807) is 0 Å². The summed E-state index contributed by atoms with van der Waals surface area (Å²) in [6, 6.07) is 0. The maximum Gasteiger partial charge on any atom is 0.192 e. The molecule has 1 fully saturated rings. The minimum absolute atomic E-state index is 0.0496. The Morgan fingerprint density at radius 2 is 1.06 bits per heavy atom. The van der Waals surface area contributed by atoms with Gasteiger partial charge in [-0.2, -0.15) is 0 Å². The van der Waals surface area contributed by atoms with E-state index in [0.29, 0.717) is 0 Å². The summed E-state index contributed by atoms with van der Waals surface area (Å²) < 4.78 is 27.1. The van der Waals surface area contributed by atoms with Gasteiger partial charge in [-0.3, -0.25) is 0 Å². The molecule has 0 aromatic carbocycles. The zero-order valence-corrected chi connectivity index (χ0v) is 28.0. The number of nitrogens with zero attached hydrogens (tertiary/aromatic N) is 3. The Hall–Kier alpha value is -0.239. The highest BCUT2D eigenvalue weighted by molar-refractivity contribution is 6.75. The summed E-state index contributed by atoms with van der Waals surface area (Å²) >= 11 is 0. The highest BCUT2D eigenvalue weighted by Crippen LogP contribution is 2.45. The van der Waals surface area contributed by atoms with E-state index in [4.69, 9.17) is 18.0 Å². The van der Waals surface area contributed by atoms with Crippen LogP contribution in [0.1, 0.15) is 62.3 Å². The van der Waals surface area contributed by atoms with Crippen molar-refractivity contribution >= 4 is 25.0 Å². The summed E-state index contributed by atoms with van der Waals surface area (Å²) in [6.07, 6.45) is -3.33. The fourth-order valence-corrected chi connectivity index (χ4v) is 7.05. The van der Waals surface area contributed by atoms with Gasteiger partial charge in [-0.1, -0.05) is 67.4 Å². The third kappa shape index (κ3) is 7.64. The van der Waals surface area contributed by atoms with Crippen molar-refractivity contribution in [1.29, 1.82) is 0 Å². The molecule has 206 valence electrons. The third-order valence-corrected chi connectivity index (χ3v) is 22.1. The summed E-state index contributed by atoms with van der Waals surface area (Å²) in [7, 11) is -6.91. The first-order chi connectivity index (χ1) is 15.4. The number of aliphatic hydroxyl groups excluding tert-OH is 1. The Labute approximate surface area is 217 Å². The topological polar surface area (TPSA) is 106 Å². The third-order valence-electron chi connectivity index (χ3n) is 8.67. The minimum atomic E-state index is -2.32. The van der Waals surface area contributed by atoms with E-state index in [1.165, 1.54) is 0 Å². The smallest absolute Gasteiger partial charge is 0.192 e. The Kier molecular flexibility index (Phi) is 10.2. The van der Waals surface area contributed by atoms with Crippen LogP contribution in [0.25, 0.3) is 10.4 Å². The van der Waals surface area contributed by atoms with Crippen LogP contribution in [0, 0.1) is 0 Å². The molecular formula is C24H53N3O5Si3. The van der Waals surface area contributed by atoms with Gasteiger partial charge in [0.15, 0.2) is 31.2 Å². The van der Waals surface area contributed by atoms with Gasteiger partial charge in [-0.05, 0) is 59.9 Å². The lowest BCUT2D eigenvalue weighted by Crippen LogP contribution is -2.67. The molecule has 1 heterocycles. The molecule has 0 amide bonds. The normalized spacial score (nSPS) is 27.5. The second-order valence-electron chi connectivity index (χ2n) is 14.5. The SMILES string of the molecule is CC(C)(C)[Si](C)(C)O[C@@H]1[C@@H](O[Si](C)(C)C(C)(C)C)[C@H](N=[N+]=[N-])O[C@H](CO)[C@H]1O[Si](C)(C)C(C)(C)C. The highest BCUT2D eigenvalue weighted by Gasteiger charge is 2.55. The standard InChI is InChI=1S/C24H53N3O5Si3/c1-22(2,3)33(10,11)30-18-17(16-28)29-21(26-27-25)20(32-35(14,15)24(7,8)9)19(18)31-34(12,13)23(4,5)6/h17-21,28H,16H2,1-15H3/t17-,18-,19+,20-,21-/m1/s1. The molecule has 0 saturated carbocycles. The molecule has 35 heavy (non-hydrogen) atoms. The first-order valence-corrected chi connectivity index (χ1v) is 21.5. The van der Waals surface area contributed by atoms with Crippen LogP contribution in [0.2, 0.25) is 54.4 Å². The fraction of sp³-hybridized carbons (Fsp3) is 1.00. The summed E-state index contributed by atoms with van der Waals surface area (Å²) in [4.78, 5) is 3.07. The van der Waals surface area contributed by atoms with Crippen molar-refractivity contribution in [3.63, 3.8) is 0 Å². The monoisotopic (exact) mass is 547 g/mol. The fourth-order valence-electron chi connectivity index (χ4n) is 3.14. The molecule has 5 atom stereocenters. The van der Waals surface area contributed by atoms with Crippen molar-refractivity contribution in [2.45, 2.75) is 147 Å². The minimum Gasteiger partial charge on any atom is -0.409 e. The summed E-state index contributed by atoms with van der Waals surface area (Å²) in [5, 5.41) is 14.2. The molecule has 0 aromatic heterocycles. The molecular weight excluding hydrogens is 495 g/mol. The Morgan fingerprint density at radius 1 is 0.714 bits per heavy atom. The van der Waals surface area contributed by atoms with Crippen molar-refractivity contribution in [3.05, 3.63) is 10.4 Å². The predicted molar refractivity (Wildman–Crippen MR) is 151 cm³/mol. The Bertz CT molecular complexity index is 766. The van der Waals surface area contributed by atoms with E-state index in [9.17, 15) is 10.6 Å². The second kappa shape index (κ2) is 10.9. The van der Waals surface area contributed by atoms with Gasteiger partial charge in [0.2, 0.25) is 0 Å². The first-order valence-electron chi connectivity index (χ1n) is 12.8. The number of ether oxygens (including phenoxy) is 1. The largest absolute Gasteiger partial charge is 0.409 e. The lowest BCUT2D eigenvalue weighted by Gasteiger charge is -2.54. The van der Waals surface area contributed by atoms with Crippen LogP contribution in [0.15, 0.2) is 5.11 Å². The van der Waals surface area contributed by atoms with Crippen molar-refractivity contribution in [2.24, 2.45) is 5.11 Å². The number of hydrogen-bond acceptors (Lipinski definition) is 6. The van der Waals surface area contributed by atoms with Crippen molar-refractivity contribution < 1.29 is 23.1 Å². The maximum atomic E-state index is 10.4. The zero-order valence-electron chi connectivity index (χ0n) is 25.0. The molecule has 1 saturated heterocycles. The van der Waals surface area contributed by atoms with Crippen molar-refractivity contribution in [1.82, 2.24) is 0 Å². The number of azide groups is 1. The van der Waals surface area contributed by atoms with Crippen molar-refractivity contribution in [2.75, 3.05) is 6.61 Å². The molecule has 11 heteroatoms. The van der Waals surface area contributed by atoms with Crippen LogP contribution in [0.3, 0.4) is 0 Å². The Balaban J connectivity index is 3.75. The molecule has 1 N–H and O–H groups in total. The molecule has 0 aromatic rings. The molecule has 0 aliphatic carbocycles. The first kappa shape index (κ1) is 32.8. The van der Waals surface area contributed by atoms with Gasteiger partial charge in [0.1, 0.15) is 24.4 Å². The van der Waals surface area contributed by atoms with Crippen LogP contribution >= 0.6 is 0 Å². The van der Waals surface area contributed by atoms with E-state index in [-0.39, 0.29) is 21.7 Å². The molecule has 1 aliphatic rings. The van der Waals surface area contributed by atoms with Crippen molar-refractivity contribution in [3.8, 4) is 0 Å². The quantitative estimate of drug-likeness (QED) is 0.150. The highest BCUT2D eigenvalue weighted by atomic mass is 28.4. The molecule has 0 spiro atoms. The molecule has 1 rings (SSSR count). The number of hydrogen-bond donors (Lipinski definition) is 1. The van der Waals surface area contributed by atoms with Gasteiger partial charge in [0.05, 0.1) is 6.61 Å². The average molecular weight is 548 g/mol. The zero-order chi connectivity index (χ0) is 27.8. The van der Waals surface area contributed by atoms with Crippen LogP contribution < -0.4 is 0 Å². The summed E-state index contributed by atoms with van der Waals surface area (Å²) in [6.45, 7) is 32.5. The molecule has 1 aliphatic heterocycles. The van der Waals surface area contributed by atoms with E-state index in [1.807, 2.05) is 0 Å². The number of aliphatic hydroxyl groups is 1. The summed E-state index contributed by atoms with van der Waals surface area (Å²) in [5.41, 5.74) is 9.38. The second-order valence-corrected chi connectivity index (χ2v) is 28.7. The molecule has 0 radical (unpaired) electrons. The van der Waals surface area contributed by atoms with Crippen LogP contribution in [0.5, 0.6) is 0 Å².